The van der Waals surface area contributed by atoms with Crippen LogP contribution < -0.4 is 5.32 Å². The Kier molecular flexibility index (Phi) is 3.36. The summed E-state index contributed by atoms with van der Waals surface area (Å²) < 4.78 is 21.4. The van der Waals surface area contributed by atoms with Crippen LogP contribution in [0.5, 0.6) is 0 Å². The number of benzene rings is 1. The number of nitrogens with zero attached hydrogens (tertiary/aromatic N) is 2. The molecule has 16 heavy (non-hydrogen) atoms. The van der Waals surface area contributed by atoms with Crippen LogP contribution >= 0.6 is 23.3 Å². The van der Waals surface area contributed by atoms with Crippen LogP contribution in [-0.2, 0) is 0 Å². The molecule has 0 fully saturated rings. The Labute approximate surface area is 102 Å². The molecule has 1 heterocycles. The summed E-state index contributed by atoms with van der Waals surface area (Å²) in [7, 11) is 0. The molecule has 0 aliphatic carbocycles. The number of hydrogen-bond donors (Lipinski definition) is 1. The van der Waals surface area contributed by atoms with Crippen molar-refractivity contribution in [3.63, 3.8) is 0 Å². The lowest BCUT2D eigenvalue weighted by Gasteiger charge is -2.03. The fourth-order valence-electron chi connectivity index (χ4n) is 1.35. The molecule has 0 spiro atoms. The quantitative estimate of drug-likeness (QED) is 0.915. The molecule has 0 radical (unpaired) electrons. The van der Waals surface area contributed by atoms with E-state index in [-0.39, 0.29) is 5.82 Å². The van der Waals surface area contributed by atoms with Gasteiger partial charge in [0, 0.05) is 17.1 Å². The number of halogens is 2. The first-order chi connectivity index (χ1) is 7.70. The molecule has 84 valence electrons. The third-order valence-corrected chi connectivity index (χ3v) is 2.72. The van der Waals surface area contributed by atoms with Gasteiger partial charge in [0.25, 0.3) is 0 Å². The van der Waals surface area contributed by atoms with Crippen molar-refractivity contribution in [2.45, 2.75) is 6.92 Å². The van der Waals surface area contributed by atoms with Crippen LogP contribution in [0.25, 0.3) is 11.3 Å². The Bertz CT molecular complexity index is 480. The van der Waals surface area contributed by atoms with E-state index in [0.717, 1.165) is 18.3 Å². The van der Waals surface area contributed by atoms with Crippen LogP contribution in [0.4, 0.5) is 10.2 Å². The highest BCUT2D eigenvalue weighted by Gasteiger charge is 2.11. The van der Waals surface area contributed by atoms with Crippen molar-refractivity contribution in [2.75, 3.05) is 11.9 Å². The van der Waals surface area contributed by atoms with Gasteiger partial charge in [0.15, 0.2) is 5.82 Å². The number of rotatable bonds is 3. The van der Waals surface area contributed by atoms with E-state index in [1.165, 1.54) is 12.1 Å². The standard InChI is InChI=1S/C10H9ClFN3S/c1-2-13-10-9(14-16-15-10)6-3-7(11)5-8(12)4-6/h3-5H,2H2,1H3,(H,13,15). The van der Waals surface area contributed by atoms with Gasteiger partial charge in [-0.25, -0.2) is 4.39 Å². The summed E-state index contributed by atoms with van der Waals surface area (Å²) in [5.74, 6) is 0.284. The zero-order chi connectivity index (χ0) is 11.5. The van der Waals surface area contributed by atoms with Gasteiger partial charge in [0.05, 0.1) is 11.7 Å². The highest BCUT2D eigenvalue weighted by Crippen LogP contribution is 2.28. The van der Waals surface area contributed by atoms with Gasteiger partial charge in [-0.3, -0.25) is 0 Å². The first-order valence-electron chi connectivity index (χ1n) is 4.73. The fourth-order valence-corrected chi connectivity index (χ4v) is 2.12. The van der Waals surface area contributed by atoms with E-state index in [0.29, 0.717) is 22.1 Å². The van der Waals surface area contributed by atoms with Crippen molar-refractivity contribution in [1.82, 2.24) is 8.75 Å². The molecular weight excluding hydrogens is 249 g/mol. The van der Waals surface area contributed by atoms with E-state index in [2.05, 4.69) is 14.1 Å². The number of anilines is 1. The summed E-state index contributed by atoms with van der Waals surface area (Å²) in [5, 5.41) is 3.42. The molecule has 0 aliphatic rings. The predicted octanol–water partition coefficient (Wildman–Crippen LogP) is 3.43. The molecule has 0 saturated carbocycles. The summed E-state index contributed by atoms with van der Waals surface area (Å²) in [6, 6.07) is 4.32. The molecule has 3 nitrogen and oxygen atoms in total. The minimum Gasteiger partial charge on any atom is -0.368 e. The summed E-state index contributed by atoms with van der Waals surface area (Å²) in [6.45, 7) is 2.70. The van der Waals surface area contributed by atoms with E-state index in [1.54, 1.807) is 6.07 Å². The van der Waals surface area contributed by atoms with E-state index in [9.17, 15) is 4.39 Å². The third-order valence-electron chi connectivity index (χ3n) is 1.97. The minimum atomic E-state index is -0.377. The molecular formula is C10H9ClFN3S. The Morgan fingerprint density at radius 1 is 1.38 bits per heavy atom. The third kappa shape index (κ3) is 2.31. The lowest BCUT2D eigenvalue weighted by molar-refractivity contribution is 0.628. The van der Waals surface area contributed by atoms with Gasteiger partial charge in [-0.05, 0) is 25.1 Å². The first-order valence-corrected chi connectivity index (χ1v) is 5.84. The molecule has 0 atom stereocenters. The van der Waals surface area contributed by atoms with Gasteiger partial charge in [-0.1, -0.05) is 11.6 Å². The molecule has 0 aliphatic heterocycles. The van der Waals surface area contributed by atoms with Gasteiger partial charge in [0.2, 0.25) is 0 Å². The van der Waals surface area contributed by atoms with Crippen molar-refractivity contribution in [2.24, 2.45) is 0 Å². The maximum absolute atomic E-state index is 13.2. The topological polar surface area (TPSA) is 37.8 Å². The maximum atomic E-state index is 13.2. The lowest BCUT2D eigenvalue weighted by atomic mass is 10.1. The smallest absolute Gasteiger partial charge is 0.168 e. The van der Waals surface area contributed by atoms with Crippen LogP contribution in [-0.4, -0.2) is 15.3 Å². The van der Waals surface area contributed by atoms with E-state index in [4.69, 9.17) is 11.6 Å². The minimum absolute atomic E-state index is 0.352. The Morgan fingerprint density at radius 2 is 2.19 bits per heavy atom. The highest BCUT2D eigenvalue weighted by atomic mass is 35.5. The monoisotopic (exact) mass is 257 g/mol. The van der Waals surface area contributed by atoms with Crippen LogP contribution in [0.15, 0.2) is 18.2 Å². The average molecular weight is 258 g/mol. The van der Waals surface area contributed by atoms with Crippen LogP contribution in [0.2, 0.25) is 5.02 Å². The predicted molar refractivity (Wildman–Crippen MR) is 64.5 cm³/mol. The molecule has 0 bridgehead atoms. The molecule has 1 N–H and O–H groups in total. The summed E-state index contributed by atoms with van der Waals surface area (Å²) in [5.41, 5.74) is 1.27. The zero-order valence-corrected chi connectivity index (χ0v) is 10.1. The zero-order valence-electron chi connectivity index (χ0n) is 8.50. The number of aromatic nitrogens is 2. The second-order valence-electron chi connectivity index (χ2n) is 3.15. The Hall–Kier alpha value is -1.20. The van der Waals surface area contributed by atoms with Gasteiger partial charge in [0.1, 0.15) is 11.5 Å². The average Bonchev–Trinajstić information content (AvgIpc) is 2.65. The van der Waals surface area contributed by atoms with Gasteiger partial charge in [-0.15, -0.1) is 0 Å². The molecule has 1 aromatic heterocycles. The normalized spacial score (nSPS) is 10.4. The number of hydrogen-bond acceptors (Lipinski definition) is 4. The van der Waals surface area contributed by atoms with E-state index >= 15 is 0 Å². The second-order valence-corrected chi connectivity index (χ2v) is 4.11. The van der Waals surface area contributed by atoms with Gasteiger partial charge in [-0.2, -0.15) is 8.75 Å². The van der Waals surface area contributed by atoms with E-state index < -0.39 is 0 Å². The molecule has 6 heteroatoms. The van der Waals surface area contributed by atoms with Gasteiger partial charge < -0.3 is 5.32 Å². The first kappa shape index (κ1) is 11.3. The molecule has 0 saturated heterocycles. The van der Waals surface area contributed by atoms with Crippen molar-refractivity contribution in [3.8, 4) is 11.3 Å². The molecule has 0 amide bonds. The maximum Gasteiger partial charge on any atom is 0.168 e. The van der Waals surface area contributed by atoms with Crippen LogP contribution in [0.3, 0.4) is 0 Å². The summed E-state index contributed by atoms with van der Waals surface area (Å²) >= 11 is 6.88. The second kappa shape index (κ2) is 4.76. The lowest BCUT2D eigenvalue weighted by Crippen LogP contribution is -1.98. The molecule has 2 aromatic rings. The van der Waals surface area contributed by atoms with Crippen molar-refractivity contribution >= 4 is 29.1 Å². The largest absolute Gasteiger partial charge is 0.368 e. The number of nitrogens with one attached hydrogen (secondary N) is 1. The van der Waals surface area contributed by atoms with Crippen LogP contribution in [0, 0.1) is 5.82 Å². The van der Waals surface area contributed by atoms with Crippen molar-refractivity contribution in [1.29, 1.82) is 0 Å². The van der Waals surface area contributed by atoms with E-state index in [1.807, 2.05) is 6.92 Å². The molecule has 1 aromatic carbocycles. The van der Waals surface area contributed by atoms with Crippen molar-refractivity contribution < 1.29 is 4.39 Å². The SMILES string of the molecule is CCNc1nsnc1-c1cc(F)cc(Cl)c1. The van der Waals surface area contributed by atoms with Crippen LogP contribution in [0.1, 0.15) is 6.92 Å². The summed E-state index contributed by atoms with van der Waals surface area (Å²) in [4.78, 5) is 0. The highest BCUT2D eigenvalue weighted by molar-refractivity contribution is 6.99. The summed E-state index contributed by atoms with van der Waals surface area (Å²) in [6.07, 6.45) is 0. The fraction of sp³-hybridized carbons (Fsp3) is 0.200. The molecule has 0 unspecified atom stereocenters. The Balaban J connectivity index is 2.45. The van der Waals surface area contributed by atoms with Gasteiger partial charge >= 0.3 is 0 Å². The molecule has 2 rings (SSSR count). The Morgan fingerprint density at radius 3 is 2.88 bits per heavy atom. The van der Waals surface area contributed by atoms with Crippen molar-refractivity contribution in [3.05, 3.63) is 29.0 Å².